The fourth-order valence-electron chi connectivity index (χ4n) is 2.38. The average molecular weight is 184 g/mol. The van der Waals surface area contributed by atoms with E-state index in [0.717, 1.165) is 12.1 Å². The van der Waals surface area contributed by atoms with Crippen LogP contribution in [0.1, 0.15) is 40.0 Å². The molecule has 1 fully saturated rings. The minimum Gasteiger partial charge on any atom is -0.317 e. The molecule has 0 saturated carbocycles. The maximum atomic E-state index is 3.31. The molecule has 1 saturated heterocycles. The first-order valence-electron chi connectivity index (χ1n) is 5.58. The lowest BCUT2D eigenvalue weighted by molar-refractivity contribution is 0.184. The molecule has 1 heterocycles. The van der Waals surface area contributed by atoms with Crippen LogP contribution in [0.4, 0.5) is 0 Å². The van der Waals surface area contributed by atoms with Gasteiger partial charge < -0.3 is 5.32 Å². The minimum atomic E-state index is 0.641. The second-order valence-corrected chi connectivity index (χ2v) is 4.50. The highest BCUT2D eigenvalue weighted by Gasteiger charge is 2.25. The summed E-state index contributed by atoms with van der Waals surface area (Å²) in [5.74, 6) is 0. The molecule has 1 aliphatic rings. The maximum Gasteiger partial charge on any atom is 0.00844 e. The van der Waals surface area contributed by atoms with Crippen molar-refractivity contribution < 1.29 is 0 Å². The van der Waals surface area contributed by atoms with E-state index in [9.17, 15) is 0 Å². The molecular formula is C11H24N2. The summed E-state index contributed by atoms with van der Waals surface area (Å²) in [6, 6.07) is 2.18. The lowest BCUT2D eigenvalue weighted by Crippen LogP contribution is -2.39. The Morgan fingerprint density at radius 2 is 2.15 bits per heavy atom. The number of nitrogens with zero attached hydrogens (tertiary/aromatic N) is 1. The molecule has 0 aromatic heterocycles. The highest BCUT2D eigenvalue weighted by Crippen LogP contribution is 2.21. The Kier molecular flexibility index (Phi) is 4.20. The van der Waals surface area contributed by atoms with Crippen LogP contribution in [0.3, 0.4) is 0 Å². The smallest absolute Gasteiger partial charge is 0.00844 e. The lowest BCUT2D eigenvalue weighted by atomic mass is 10.1. The van der Waals surface area contributed by atoms with Crippen molar-refractivity contribution in [2.75, 3.05) is 13.6 Å². The highest BCUT2D eigenvalue weighted by atomic mass is 15.2. The Morgan fingerprint density at radius 3 is 2.62 bits per heavy atom. The van der Waals surface area contributed by atoms with E-state index >= 15 is 0 Å². The van der Waals surface area contributed by atoms with Crippen LogP contribution >= 0.6 is 0 Å². The Labute approximate surface area is 82.7 Å². The van der Waals surface area contributed by atoms with Gasteiger partial charge in [0.15, 0.2) is 0 Å². The van der Waals surface area contributed by atoms with Gasteiger partial charge in [0.1, 0.15) is 0 Å². The average Bonchev–Trinajstić information content (AvgIpc) is 2.51. The van der Waals surface area contributed by atoms with Crippen LogP contribution in [0.25, 0.3) is 0 Å². The summed E-state index contributed by atoms with van der Waals surface area (Å²) in [7, 11) is 2.05. The Balaban J connectivity index is 2.33. The molecule has 3 atom stereocenters. The zero-order valence-electron chi connectivity index (χ0n) is 9.51. The molecule has 0 aromatic rings. The third-order valence-corrected chi connectivity index (χ3v) is 3.36. The molecule has 0 aromatic carbocycles. The molecule has 2 heteroatoms. The fourth-order valence-corrected chi connectivity index (χ4v) is 2.38. The SMILES string of the molecule is CNC(C)CC(C)N1CCCC1C. The van der Waals surface area contributed by atoms with Gasteiger partial charge in [-0.2, -0.15) is 0 Å². The largest absolute Gasteiger partial charge is 0.317 e. The van der Waals surface area contributed by atoms with Crippen molar-refractivity contribution >= 4 is 0 Å². The van der Waals surface area contributed by atoms with Crippen LogP contribution in [0.5, 0.6) is 0 Å². The zero-order valence-corrected chi connectivity index (χ0v) is 9.51. The molecule has 1 rings (SSSR count). The predicted molar refractivity (Wildman–Crippen MR) is 58.0 cm³/mol. The van der Waals surface area contributed by atoms with Gasteiger partial charge in [-0.15, -0.1) is 0 Å². The van der Waals surface area contributed by atoms with Crippen LogP contribution in [0.15, 0.2) is 0 Å². The Hall–Kier alpha value is -0.0800. The van der Waals surface area contributed by atoms with Gasteiger partial charge in [-0.25, -0.2) is 0 Å². The van der Waals surface area contributed by atoms with E-state index in [1.54, 1.807) is 0 Å². The predicted octanol–water partition coefficient (Wildman–Crippen LogP) is 1.86. The summed E-state index contributed by atoms with van der Waals surface area (Å²) in [4.78, 5) is 2.65. The van der Waals surface area contributed by atoms with E-state index in [2.05, 4.69) is 31.0 Å². The number of hydrogen-bond acceptors (Lipinski definition) is 2. The molecule has 0 radical (unpaired) electrons. The molecule has 1 aliphatic heterocycles. The van der Waals surface area contributed by atoms with Crippen LogP contribution < -0.4 is 5.32 Å². The van der Waals surface area contributed by atoms with Crippen LogP contribution in [-0.2, 0) is 0 Å². The maximum absolute atomic E-state index is 3.31. The minimum absolute atomic E-state index is 0.641. The monoisotopic (exact) mass is 184 g/mol. The van der Waals surface area contributed by atoms with Crippen molar-refractivity contribution in [1.29, 1.82) is 0 Å². The topological polar surface area (TPSA) is 15.3 Å². The summed E-state index contributed by atoms with van der Waals surface area (Å²) >= 11 is 0. The van der Waals surface area contributed by atoms with Gasteiger partial charge in [-0.1, -0.05) is 0 Å². The molecule has 0 spiro atoms. The molecule has 3 unspecified atom stereocenters. The van der Waals surface area contributed by atoms with Crippen molar-refractivity contribution in [1.82, 2.24) is 10.2 Å². The van der Waals surface area contributed by atoms with Gasteiger partial charge in [0.05, 0.1) is 0 Å². The summed E-state index contributed by atoms with van der Waals surface area (Å²) in [6.07, 6.45) is 4.04. The van der Waals surface area contributed by atoms with E-state index in [0.29, 0.717) is 6.04 Å². The molecule has 1 N–H and O–H groups in total. The first kappa shape index (κ1) is 11.0. The van der Waals surface area contributed by atoms with Gasteiger partial charge >= 0.3 is 0 Å². The first-order valence-corrected chi connectivity index (χ1v) is 5.58. The molecule has 78 valence electrons. The fraction of sp³-hybridized carbons (Fsp3) is 1.00. The summed E-state index contributed by atoms with van der Waals surface area (Å²) in [5.41, 5.74) is 0. The first-order chi connectivity index (χ1) is 6.15. The van der Waals surface area contributed by atoms with Gasteiger partial charge in [-0.05, 0) is 53.6 Å². The third-order valence-electron chi connectivity index (χ3n) is 3.36. The number of nitrogens with one attached hydrogen (secondary N) is 1. The quantitative estimate of drug-likeness (QED) is 0.717. The van der Waals surface area contributed by atoms with Crippen LogP contribution in [0.2, 0.25) is 0 Å². The van der Waals surface area contributed by atoms with Crippen molar-refractivity contribution in [2.45, 2.75) is 58.2 Å². The van der Waals surface area contributed by atoms with Crippen molar-refractivity contribution in [3.8, 4) is 0 Å². The van der Waals surface area contributed by atoms with Crippen LogP contribution in [0, 0.1) is 0 Å². The standard InChI is InChI=1S/C11H24N2/c1-9(12-4)8-11(3)13-7-5-6-10(13)2/h9-12H,5-8H2,1-4H3. The van der Waals surface area contributed by atoms with Gasteiger partial charge in [0.2, 0.25) is 0 Å². The summed E-state index contributed by atoms with van der Waals surface area (Å²) < 4.78 is 0. The van der Waals surface area contributed by atoms with Gasteiger partial charge in [0.25, 0.3) is 0 Å². The third kappa shape index (κ3) is 2.96. The molecular weight excluding hydrogens is 160 g/mol. The zero-order chi connectivity index (χ0) is 9.84. The van der Waals surface area contributed by atoms with Gasteiger partial charge in [0, 0.05) is 18.1 Å². The molecule has 2 nitrogen and oxygen atoms in total. The Morgan fingerprint density at radius 1 is 1.46 bits per heavy atom. The van der Waals surface area contributed by atoms with E-state index < -0.39 is 0 Å². The van der Waals surface area contributed by atoms with E-state index in [1.165, 1.54) is 25.8 Å². The lowest BCUT2D eigenvalue weighted by Gasteiger charge is -2.30. The summed E-state index contributed by atoms with van der Waals surface area (Å²) in [5, 5.41) is 3.31. The number of likely N-dealkylation sites (tertiary alicyclic amines) is 1. The van der Waals surface area contributed by atoms with Gasteiger partial charge in [-0.3, -0.25) is 4.90 Å². The molecule has 13 heavy (non-hydrogen) atoms. The second kappa shape index (κ2) is 4.97. The molecule has 0 bridgehead atoms. The molecule has 0 aliphatic carbocycles. The second-order valence-electron chi connectivity index (χ2n) is 4.50. The van der Waals surface area contributed by atoms with Crippen molar-refractivity contribution in [3.63, 3.8) is 0 Å². The number of rotatable bonds is 4. The van der Waals surface area contributed by atoms with Crippen LogP contribution in [-0.4, -0.2) is 36.6 Å². The van der Waals surface area contributed by atoms with E-state index in [1.807, 2.05) is 7.05 Å². The van der Waals surface area contributed by atoms with E-state index in [-0.39, 0.29) is 0 Å². The summed E-state index contributed by atoms with van der Waals surface area (Å²) in [6.45, 7) is 8.28. The highest BCUT2D eigenvalue weighted by molar-refractivity contribution is 4.81. The normalized spacial score (nSPS) is 29.1. The van der Waals surface area contributed by atoms with E-state index in [4.69, 9.17) is 0 Å². The number of hydrogen-bond donors (Lipinski definition) is 1. The van der Waals surface area contributed by atoms with Crippen molar-refractivity contribution in [3.05, 3.63) is 0 Å². The van der Waals surface area contributed by atoms with Crippen molar-refractivity contribution in [2.24, 2.45) is 0 Å². The molecule has 0 amide bonds. The Bertz CT molecular complexity index is 147.